The molecule has 1 aliphatic rings. The van der Waals surface area contributed by atoms with Gasteiger partial charge in [-0.1, -0.05) is 109 Å². The summed E-state index contributed by atoms with van der Waals surface area (Å²) in [5.74, 6) is -1.01. The van der Waals surface area contributed by atoms with Crippen molar-refractivity contribution < 1.29 is 35.5 Å². The zero-order valence-corrected chi connectivity index (χ0v) is 27.3. The van der Waals surface area contributed by atoms with Gasteiger partial charge in [-0.2, -0.15) is 16.8 Å². The maximum Gasteiger partial charge on any atom is 0.296 e. The first kappa shape index (κ1) is 38.6. The van der Waals surface area contributed by atoms with Crippen LogP contribution in [0.3, 0.4) is 0 Å². The van der Waals surface area contributed by atoms with Gasteiger partial charge >= 0.3 is 0 Å². The van der Waals surface area contributed by atoms with Gasteiger partial charge in [0.1, 0.15) is 4.90 Å². The highest BCUT2D eigenvalue weighted by atomic mass is 32.2. The van der Waals surface area contributed by atoms with Crippen LogP contribution in [0.4, 0.5) is 17.1 Å². The van der Waals surface area contributed by atoms with Gasteiger partial charge in [0.05, 0.1) is 28.8 Å². The Hall–Kier alpha value is -3.58. The number of benzene rings is 3. The third-order valence-corrected chi connectivity index (χ3v) is 8.42. The first-order chi connectivity index (χ1) is 21.2. The number of carbonyl (C=O) groups is 2. The zero-order valence-electron chi connectivity index (χ0n) is 25.7. The van der Waals surface area contributed by atoms with Gasteiger partial charge in [-0.25, -0.2) is 0 Å². The summed E-state index contributed by atoms with van der Waals surface area (Å²) in [4.78, 5) is 26.1. The standard InChI is InChI=1S/C32H38N2O5S.CH4O3S.CH4/c1-2-3-4-5-6-7-8-9-10-11-14-22-17-19-23(20-18-22)34-26-21-27(40(37,38)39)30(33)29-28(26)31(35)24-15-12-13-16-25(24)32(29)36;1-5(2,3)4;/h12-13,15-21,34H,2-11,14,33H2,1H3,(H,37,38,39);1H3,(H,2,3,4);1H4. The van der Waals surface area contributed by atoms with Crippen LogP contribution in [0, 0.1) is 0 Å². The van der Waals surface area contributed by atoms with Gasteiger partial charge in [-0.3, -0.25) is 18.7 Å². The molecule has 252 valence electrons. The molecule has 0 unspecified atom stereocenters. The molecule has 3 aromatic carbocycles. The maximum absolute atomic E-state index is 13.4. The molecule has 0 aromatic heterocycles. The van der Waals surface area contributed by atoms with Gasteiger partial charge in [0.2, 0.25) is 0 Å². The van der Waals surface area contributed by atoms with Crippen LogP contribution in [0.15, 0.2) is 59.5 Å². The lowest BCUT2D eigenvalue weighted by Crippen LogP contribution is -2.25. The molecule has 46 heavy (non-hydrogen) atoms. The molecule has 0 heterocycles. The Morgan fingerprint density at radius 1 is 0.717 bits per heavy atom. The molecule has 12 heteroatoms. The van der Waals surface area contributed by atoms with Crippen molar-refractivity contribution in [2.24, 2.45) is 0 Å². The van der Waals surface area contributed by atoms with Crippen LogP contribution >= 0.6 is 0 Å². The van der Waals surface area contributed by atoms with E-state index >= 15 is 0 Å². The topological polar surface area (TPSA) is 181 Å². The van der Waals surface area contributed by atoms with Crippen LogP contribution in [0.1, 0.15) is 116 Å². The zero-order chi connectivity index (χ0) is 33.2. The number of fused-ring (bicyclic) bond motifs is 2. The summed E-state index contributed by atoms with van der Waals surface area (Å²) in [6.45, 7) is 2.24. The van der Waals surface area contributed by atoms with Gasteiger partial charge in [-0.05, 0) is 36.6 Å². The minimum Gasteiger partial charge on any atom is -0.397 e. The van der Waals surface area contributed by atoms with E-state index < -0.39 is 42.4 Å². The van der Waals surface area contributed by atoms with E-state index in [-0.39, 0.29) is 35.4 Å². The van der Waals surface area contributed by atoms with Crippen LogP contribution in [0.25, 0.3) is 0 Å². The summed E-state index contributed by atoms with van der Waals surface area (Å²) in [7, 11) is -8.43. The number of ketones is 2. The predicted octanol–water partition coefficient (Wildman–Crippen LogP) is 7.64. The average molecular weight is 675 g/mol. The van der Waals surface area contributed by atoms with Crippen LogP contribution in [0.5, 0.6) is 0 Å². The number of carbonyl (C=O) groups excluding carboxylic acids is 2. The Labute approximate surface area is 273 Å². The molecule has 1 aliphatic carbocycles. The van der Waals surface area contributed by atoms with E-state index in [1.807, 2.05) is 24.3 Å². The predicted molar refractivity (Wildman–Crippen MR) is 183 cm³/mol. The molecule has 0 bridgehead atoms. The van der Waals surface area contributed by atoms with Crippen molar-refractivity contribution in [2.75, 3.05) is 17.3 Å². The van der Waals surface area contributed by atoms with E-state index in [4.69, 9.17) is 10.3 Å². The minimum atomic E-state index is -4.76. The third-order valence-electron chi connectivity index (χ3n) is 7.53. The second kappa shape index (κ2) is 17.4. The molecule has 0 spiro atoms. The molecule has 0 atom stereocenters. The van der Waals surface area contributed by atoms with Crippen molar-refractivity contribution in [3.05, 3.63) is 82.4 Å². The molecule has 10 nitrogen and oxygen atoms in total. The van der Waals surface area contributed by atoms with Gasteiger partial charge in [0.15, 0.2) is 11.6 Å². The first-order valence-corrected chi connectivity index (χ1v) is 18.4. The van der Waals surface area contributed by atoms with Crippen molar-refractivity contribution in [3.63, 3.8) is 0 Å². The molecular weight excluding hydrogens is 629 g/mol. The fourth-order valence-electron chi connectivity index (χ4n) is 5.33. The van der Waals surface area contributed by atoms with Crippen LogP contribution in [-0.4, -0.2) is 43.8 Å². The highest BCUT2D eigenvalue weighted by Crippen LogP contribution is 2.40. The number of nitrogen functional groups attached to an aromatic ring is 1. The maximum atomic E-state index is 13.4. The van der Waals surface area contributed by atoms with E-state index in [2.05, 4.69) is 12.2 Å². The van der Waals surface area contributed by atoms with Gasteiger partial charge in [0, 0.05) is 16.8 Å². The number of hydrogen-bond acceptors (Lipinski definition) is 8. The summed E-state index contributed by atoms with van der Waals surface area (Å²) >= 11 is 0. The minimum absolute atomic E-state index is 0. The normalized spacial score (nSPS) is 12.3. The van der Waals surface area contributed by atoms with Crippen molar-refractivity contribution in [1.82, 2.24) is 0 Å². The molecule has 0 fully saturated rings. The van der Waals surface area contributed by atoms with Crippen LogP contribution in [-0.2, 0) is 26.7 Å². The Balaban J connectivity index is 0.00000114. The molecule has 0 amide bonds. The van der Waals surface area contributed by atoms with Crippen LogP contribution < -0.4 is 11.1 Å². The molecule has 0 radical (unpaired) electrons. The molecule has 5 N–H and O–H groups in total. The monoisotopic (exact) mass is 674 g/mol. The highest BCUT2D eigenvalue weighted by Gasteiger charge is 2.36. The number of hydrogen-bond donors (Lipinski definition) is 4. The fraction of sp³-hybridized carbons (Fsp3) is 0.412. The van der Waals surface area contributed by atoms with E-state index in [1.54, 1.807) is 18.2 Å². The number of nitrogens with two attached hydrogens (primary N) is 1. The molecule has 0 saturated carbocycles. The van der Waals surface area contributed by atoms with Crippen molar-refractivity contribution in [2.45, 2.75) is 89.9 Å². The van der Waals surface area contributed by atoms with Crippen molar-refractivity contribution in [3.8, 4) is 0 Å². The quantitative estimate of drug-likeness (QED) is 0.0589. The SMILES string of the molecule is C.CCCCCCCCCCCCc1ccc(Nc2cc(S(=O)(=O)O)c(N)c3c2C(=O)c2ccccc2C3=O)cc1.CS(=O)(=O)O. The molecule has 4 rings (SSSR count). The summed E-state index contributed by atoms with van der Waals surface area (Å²) in [5, 5.41) is 3.09. The van der Waals surface area contributed by atoms with Crippen molar-refractivity contribution in [1.29, 1.82) is 0 Å². The molecule has 3 aromatic rings. The lowest BCUT2D eigenvalue weighted by atomic mass is 9.82. The lowest BCUT2D eigenvalue weighted by Gasteiger charge is -2.23. The summed E-state index contributed by atoms with van der Waals surface area (Å²) in [6, 6.07) is 15.1. The molecule has 0 aliphatic heterocycles. The fourth-order valence-corrected chi connectivity index (χ4v) is 5.98. The van der Waals surface area contributed by atoms with E-state index in [9.17, 15) is 31.0 Å². The largest absolute Gasteiger partial charge is 0.397 e. The highest BCUT2D eigenvalue weighted by molar-refractivity contribution is 7.86. The third kappa shape index (κ3) is 11.0. The Bertz CT molecular complexity index is 1710. The Morgan fingerprint density at radius 3 is 1.65 bits per heavy atom. The van der Waals surface area contributed by atoms with Gasteiger partial charge < -0.3 is 11.1 Å². The van der Waals surface area contributed by atoms with E-state index in [0.29, 0.717) is 11.9 Å². The first-order valence-electron chi connectivity index (χ1n) is 15.1. The summed E-state index contributed by atoms with van der Waals surface area (Å²) in [6.07, 6.45) is 14.5. The Morgan fingerprint density at radius 2 is 1.17 bits per heavy atom. The summed E-state index contributed by atoms with van der Waals surface area (Å²) < 4.78 is 59.9. The van der Waals surface area contributed by atoms with Crippen LogP contribution in [0.2, 0.25) is 0 Å². The van der Waals surface area contributed by atoms with Gasteiger partial charge in [-0.15, -0.1) is 0 Å². The number of aryl methyl sites for hydroxylation is 1. The second-order valence-electron chi connectivity index (χ2n) is 11.3. The number of anilines is 3. The molecular formula is C34H46N2O8S2. The van der Waals surface area contributed by atoms with Crippen molar-refractivity contribution >= 4 is 48.9 Å². The molecule has 0 saturated heterocycles. The number of rotatable bonds is 14. The smallest absolute Gasteiger partial charge is 0.296 e. The lowest BCUT2D eigenvalue weighted by molar-refractivity contribution is 0.0980. The average Bonchev–Trinajstić information content (AvgIpc) is 2.97. The second-order valence-corrected chi connectivity index (χ2v) is 14.1. The van der Waals surface area contributed by atoms with E-state index in [0.717, 1.165) is 18.9 Å². The van der Waals surface area contributed by atoms with E-state index in [1.165, 1.54) is 69.4 Å². The number of unbranched alkanes of at least 4 members (excludes halogenated alkanes) is 9. The Kier molecular flexibility index (Phi) is 14.6. The summed E-state index contributed by atoms with van der Waals surface area (Å²) in [5.41, 5.74) is 7.62. The number of nitrogens with one attached hydrogen (secondary N) is 1. The van der Waals surface area contributed by atoms with Gasteiger partial charge in [0.25, 0.3) is 20.2 Å².